The van der Waals surface area contributed by atoms with Crippen LogP contribution in [0.3, 0.4) is 0 Å². The second kappa shape index (κ2) is 6.56. The second-order valence-corrected chi connectivity index (χ2v) is 5.47. The number of carbonyl (C=O) groups excluding carboxylic acids is 1. The molecule has 0 atom stereocenters. The van der Waals surface area contributed by atoms with Gasteiger partial charge in [-0.2, -0.15) is 0 Å². The maximum absolute atomic E-state index is 13.0. The van der Waals surface area contributed by atoms with Crippen LogP contribution in [0.15, 0.2) is 48.7 Å². The number of nitrogens with one attached hydrogen (secondary N) is 1. The zero-order valence-electron chi connectivity index (χ0n) is 12.2. The van der Waals surface area contributed by atoms with E-state index < -0.39 is 0 Å². The average Bonchev–Trinajstić information content (AvgIpc) is 3.38. The van der Waals surface area contributed by atoms with Crippen molar-refractivity contribution < 1.29 is 9.18 Å². The number of rotatable bonds is 5. The monoisotopic (exact) mass is 299 g/mol. The third-order valence-corrected chi connectivity index (χ3v) is 3.66. The number of pyridine rings is 1. The summed E-state index contributed by atoms with van der Waals surface area (Å²) in [4.78, 5) is 18.4. The van der Waals surface area contributed by atoms with Crippen molar-refractivity contribution in [2.24, 2.45) is 0 Å². The normalized spacial score (nSPS) is 13.7. The van der Waals surface area contributed by atoms with Crippen molar-refractivity contribution in [1.29, 1.82) is 0 Å². The SMILES string of the molecule is O=C(NCc1ccccn1)N(Cc1ccc(F)cc1)C1CC1. The number of urea groups is 1. The maximum Gasteiger partial charge on any atom is 0.318 e. The van der Waals surface area contributed by atoms with Crippen LogP contribution in [0.2, 0.25) is 0 Å². The van der Waals surface area contributed by atoms with Crippen LogP contribution >= 0.6 is 0 Å². The van der Waals surface area contributed by atoms with Crippen LogP contribution in [0.25, 0.3) is 0 Å². The Labute approximate surface area is 129 Å². The van der Waals surface area contributed by atoms with Gasteiger partial charge in [0, 0.05) is 18.8 Å². The van der Waals surface area contributed by atoms with E-state index >= 15 is 0 Å². The van der Waals surface area contributed by atoms with Gasteiger partial charge in [-0.1, -0.05) is 18.2 Å². The molecule has 1 saturated carbocycles. The van der Waals surface area contributed by atoms with E-state index in [0.717, 1.165) is 24.1 Å². The van der Waals surface area contributed by atoms with Crippen molar-refractivity contribution >= 4 is 6.03 Å². The van der Waals surface area contributed by atoms with Crippen LogP contribution in [0.5, 0.6) is 0 Å². The molecule has 0 bridgehead atoms. The minimum Gasteiger partial charge on any atom is -0.332 e. The Morgan fingerprint density at radius 3 is 2.64 bits per heavy atom. The molecule has 1 aromatic heterocycles. The highest BCUT2D eigenvalue weighted by Crippen LogP contribution is 2.28. The summed E-state index contributed by atoms with van der Waals surface area (Å²) < 4.78 is 13.0. The molecule has 114 valence electrons. The van der Waals surface area contributed by atoms with Gasteiger partial charge in [-0.05, 0) is 42.7 Å². The van der Waals surface area contributed by atoms with Crippen LogP contribution in [-0.4, -0.2) is 22.0 Å². The minimum atomic E-state index is -0.263. The van der Waals surface area contributed by atoms with E-state index in [1.807, 2.05) is 23.1 Å². The van der Waals surface area contributed by atoms with Gasteiger partial charge in [0.1, 0.15) is 5.82 Å². The standard InChI is InChI=1S/C17H18FN3O/c18-14-6-4-13(5-7-14)12-21(16-8-9-16)17(22)20-11-15-3-1-2-10-19-15/h1-7,10,16H,8-9,11-12H2,(H,20,22). The number of aromatic nitrogens is 1. The molecule has 1 aromatic carbocycles. The van der Waals surface area contributed by atoms with Gasteiger partial charge in [0.2, 0.25) is 0 Å². The van der Waals surface area contributed by atoms with E-state index in [-0.39, 0.29) is 17.9 Å². The molecule has 0 spiro atoms. The molecule has 5 heteroatoms. The van der Waals surface area contributed by atoms with E-state index in [1.54, 1.807) is 18.3 Å². The van der Waals surface area contributed by atoms with Crippen molar-refractivity contribution in [3.8, 4) is 0 Å². The fraction of sp³-hybridized carbons (Fsp3) is 0.294. The molecule has 1 N–H and O–H groups in total. The van der Waals surface area contributed by atoms with Gasteiger partial charge in [-0.3, -0.25) is 4.98 Å². The lowest BCUT2D eigenvalue weighted by Gasteiger charge is -2.23. The highest BCUT2D eigenvalue weighted by atomic mass is 19.1. The molecule has 1 heterocycles. The number of hydrogen-bond acceptors (Lipinski definition) is 2. The largest absolute Gasteiger partial charge is 0.332 e. The second-order valence-electron chi connectivity index (χ2n) is 5.47. The summed E-state index contributed by atoms with van der Waals surface area (Å²) in [6.07, 6.45) is 3.76. The van der Waals surface area contributed by atoms with E-state index in [4.69, 9.17) is 0 Å². The average molecular weight is 299 g/mol. The van der Waals surface area contributed by atoms with Crippen molar-refractivity contribution in [2.75, 3.05) is 0 Å². The Balaban J connectivity index is 1.61. The first-order chi connectivity index (χ1) is 10.7. The van der Waals surface area contributed by atoms with E-state index in [2.05, 4.69) is 10.3 Å². The lowest BCUT2D eigenvalue weighted by molar-refractivity contribution is 0.191. The highest BCUT2D eigenvalue weighted by Gasteiger charge is 2.32. The van der Waals surface area contributed by atoms with Gasteiger partial charge in [-0.25, -0.2) is 9.18 Å². The summed E-state index contributed by atoms with van der Waals surface area (Å²) >= 11 is 0. The Hall–Kier alpha value is -2.43. The summed E-state index contributed by atoms with van der Waals surface area (Å²) in [6.45, 7) is 0.908. The Bertz CT molecular complexity index is 626. The maximum atomic E-state index is 13.0. The van der Waals surface area contributed by atoms with E-state index in [9.17, 15) is 9.18 Å². The van der Waals surface area contributed by atoms with Gasteiger partial charge in [0.15, 0.2) is 0 Å². The molecule has 2 amide bonds. The molecule has 0 unspecified atom stereocenters. The van der Waals surface area contributed by atoms with Gasteiger partial charge in [0.05, 0.1) is 12.2 Å². The molecular formula is C17H18FN3O. The van der Waals surface area contributed by atoms with Gasteiger partial charge in [-0.15, -0.1) is 0 Å². The number of halogens is 1. The molecule has 1 aliphatic rings. The number of benzene rings is 1. The molecular weight excluding hydrogens is 281 g/mol. The summed E-state index contributed by atoms with van der Waals surface area (Å²) in [5, 5.41) is 2.90. The fourth-order valence-electron chi connectivity index (χ4n) is 2.31. The first kappa shape index (κ1) is 14.5. The van der Waals surface area contributed by atoms with Crippen LogP contribution in [0, 0.1) is 5.82 Å². The molecule has 2 aromatic rings. The zero-order valence-corrected chi connectivity index (χ0v) is 12.2. The lowest BCUT2D eigenvalue weighted by Crippen LogP contribution is -2.40. The van der Waals surface area contributed by atoms with E-state index in [1.165, 1.54) is 12.1 Å². The van der Waals surface area contributed by atoms with Crippen LogP contribution in [-0.2, 0) is 13.1 Å². The Morgan fingerprint density at radius 2 is 2.00 bits per heavy atom. The first-order valence-electron chi connectivity index (χ1n) is 7.41. The Morgan fingerprint density at radius 1 is 1.23 bits per heavy atom. The van der Waals surface area contributed by atoms with Crippen molar-refractivity contribution in [3.05, 3.63) is 65.7 Å². The third kappa shape index (κ3) is 3.81. The molecule has 4 nitrogen and oxygen atoms in total. The summed E-state index contributed by atoms with van der Waals surface area (Å²) in [6, 6.07) is 12.1. The molecule has 1 aliphatic carbocycles. The Kier molecular flexibility index (Phi) is 4.32. The quantitative estimate of drug-likeness (QED) is 0.922. The van der Waals surface area contributed by atoms with Gasteiger partial charge < -0.3 is 10.2 Å². The summed E-state index contributed by atoms with van der Waals surface area (Å²) in [5.74, 6) is -0.263. The fourth-order valence-corrected chi connectivity index (χ4v) is 2.31. The van der Waals surface area contributed by atoms with Crippen molar-refractivity contribution in [3.63, 3.8) is 0 Å². The van der Waals surface area contributed by atoms with Crippen LogP contribution in [0.4, 0.5) is 9.18 Å². The van der Waals surface area contributed by atoms with Gasteiger partial charge in [0.25, 0.3) is 0 Å². The predicted octanol–water partition coefficient (Wildman–Crippen LogP) is 3.09. The van der Waals surface area contributed by atoms with Crippen LogP contribution < -0.4 is 5.32 Å². The number of nitrogens with zero attached hydrogens (tertiary/aromatic N) is 2. The molecule has 22 heavy (non-hydrogen) atoms. The van der Waals surface area contributed by atoms with Gasteiger partial charge >= 0.3 is 6.03 Å². The molecule has 3 rings (SSSR count). The number of amides is 2. The zero-order chi connectivity index (χ0) is 15.4. The first-order valence-corrected chi connectivity index (χ1v) is 7.41. The molecule has 0 aliphatic heterocycles. The summed E-state index contributed by atoms with van der Waals surface area (Å²) in [5.41, 5.74) is 1.76. The van der Waals surface area contributed by atoms with Crippen molar-refractivity contribution in [1.82, 2.24) is 15.2 Å². The van der Waals surface area contributed by atoms with Crippen molar-refractivity contribution in [2.45, 2.75) is 32.0 Å². The summed E-state index contributed by atoms with van der Waals surface area (Å²) in [7, 11) is 0. The highest BCUT2D eigenvalue weighted by molar-refractivity contribution is 5.74. The minimum absolute atomic E-state index is 0.0996. The predicted molar refractivity (Wildman–Crippen MR) is 81.4 cm³/mol. The number of carbonyl (C=O) groups is 1. The smallest absolute Gasteiger partial charge is 0.318 e. The molecule has 0 saturated heterocycles. The third-order valence-electron chi connectivity index (χ3n) is 3.66. The molecule has 0 radical (unpaired) electrons. The topological polar surface area (TPSA) is 45.2 Å². The van der Waals surface area contributed by atoms with Crippen LogP contribution in [0.1, 0.15) is 24.1 Å². The van der Waals surface area contributed by atoms with E-state index in [0.29, 0.717) is 13.1 Å². The lowest BCUT2D eigenvalue weighted by atomic mass is 10.2. The number of hydrogen-bond donors (Lipinski definition) is 1. The molecule has 1 fully saturated rings.